The van der Waals surface area contributed by atoms with Crippen molar-refractivity contribution in [2.75, 3.05) is 14.2 Å². The molecular formula is C20H26O2. The Morgan fingerprint density at radius 1 is 0.864 bits per heavy atom. The molecule has 0 saturated carbocycles. The Balaban J connectivity index is 2.37. The van der Waals surface area contributed by atoms with Crippen LogP contribution in [-0.4, -0.2) is 14.2 Å². The van der Waals surface area contributed by atoms with Gasteiger partial charge in [0, 0.05) is 12.0 Å². The Morgan fingerprint density at radius 3 is 2.32 bits per heavy atom. The van der Waals surface area contributed by atoms with E-state index >= 15 is 0 Å². The average Bonchev–Trinajstić information content (AvgIpc) is 2.56. The summed E-state index contributed by atoms with van der Waals surface area (Å²) in [6, 6.07) is 5.62. The van der Waals surface area contributed by atoms with Gasteiger partial charge in [-0.3, -0.25) is 0 Å². The van der Waals surface area contributed by atoms with Crippen molar-refractivity contribution in [3.63, 3.8) is 0 Å². The van der Waals surface area contributed by atoms with Gasteiger partial charge in [0.15, 0.2) is 11.5 Å². The van der Waals surface area contributed by atoms with E-state index in [4.69, 9.17) is 9.47 Å². The highest BCUT2D eigenvalue weighted by Gasteiger charge is 2.02. The number of unbranched alkanes of at least 4 members (excludes halogenated alkanes) is 6. The average molecular weight is 298 g/mol. The van der Waals surface area contributed by atoms with Gasteiger partial charge in [-0.2, -0.15) is 0 Å². The van der Waals surface area contributed by atoms with Gasteiger partial charge in [0.25, 0.3) is 0 Å². The quantitative estimate of drug-likeness (QED) is 0.506. The van der Waals surface area contributed by atoms with E-state index in [2.05, 4.69) is 30.6 Å². The maximum absolute atomic E-state index is 5.25. The van der Waals surface area contributed by atoms with Gasteiger partial charge in [-0.1, -0.05) is 50.9 Å². The van der Waals surface area contributed by atoms with Gasteiger partial charge in [0.05, 0.1) is 14.2 Å². The molecule has 0 aliphatic heterocycles. The zero-order chi connectivity index (χ0) is 16.0. The van der Waals surface area contributed by atoms with Crippen LogP contribution in [-0.2, 0) is 0 Å². The van der Waals surface area contributed by atoms with E-state index in [0.717, 1.165) is 12.0 Å². The minimum atomic E-state index is 0.689. The van der Waals surface area contributed by atoms with Crippen LogP contribution in [0, 0.1) is 23.7 Å². The number of benzene rings is 1. The minimum Gasteiger partial charge on any atom is -0.493 e. The summed E-state index contributed by atoms with van der Waals surface area (Å²) in [4.78, 5) is 0. The van der Waals surface area contributed by atoms with Crippen molar-refractivity contribution in [3.8, 4) is 35.2 Å². The molecule has 1 rings (SSSR count). The second-order valence-electron chi connectivity index (χ2n) is 5.14. The van der Waals surface area contributed by atoms with Crippen LogP contribution in [0.4, 0.5) is 0 Å². The van der Waals surface area contributed by atoms with Crippen LogP contribution < -0.4 is 9.47 Å². The van der Waals surface area contributed by atoms with Crippen molar-refractivity contribution in [1.29, 1.82) is 0 Å². The summed E-state index contributed by atoms with van der Waals surface area (Å²) in [5, 5.41) is 0. The number of rotatable bonds is 8. The molecule has 0 radical (unpaired) electrons. The highest BCUT2D eigenvalue weighted by Crippen LogP contribution is 2.26. The molecule has 0 amide bonds. The van der Waals surface area contributed by atoms with Gasteiger partial charge < -0.3 is 9.47 Å². The van der Waals surface area contributed by atoms with Gasteiger partial charge in [-0.15, -0.1) is 0 Å². The molecule has 118 valence electrons. The van der Waals surface area contributed by atoms with Crippen LogP contribution in [0.5, 0.6) is 11.5 Å². The molecule has 0 unspecified atom stereocenters. The molecule has 2 nitrogen and oxygen atoms in total. The molecule has 0 saturated heterocycles. The fourth-order valence-corrected chi connectivity index (χ4v) is 2.12. The molecule has 0 heterocycles. The van der Waals surface area contributed by atoms with Crippen LogP contribution in [0.1, 0.15) is 57.4 Å². The Kier molecular flexibility index (Phi) is 9.47. The van der Waals surface area contributed by atoms with Gasteiger partial charge in [-0.05, 0) is 36.5 Å². The number of hydrogen-bond donors (Lipinski definition) is 0. The molecule has 0 aliphatic rings. The summed E-state index contributed by atoms with van der Waals surface area (Å²) in [5.74, 6) is 13.4. The maximum Gasteiger partial charge on any atom is 0.161 e. The van der Waals surface area contributed by atoms with Gasteiger partial charge >= 0.3 is 0 Å². The van der Waals surface area contributed by atoms with E-state index in [1.807, 2.05) is 18.2 Å². The van der Waals surface area contributed by atoms with Crippen LogP contribution in [0.25, 0.3) is 0 Å². The van der Waals surface area contributed by atoms with Crippen LogP contribution >= 0.6 is 0 Å². The Bertz CT molecular complexity index is 553. The van der Waals surface area contributed by atoms with E-state index < -0.39 is 0 Å². The third-order valence-electron chi connectivity index (χ3n) is 3.40. The molecule has 2 heteroatoms. The number of methoxy groups -OCH3 is 2. The molecule has 1 aromatic carbocycles. The van der Waals surface area contributed by atoms with E-state index in [1.54, 1.807) is 14.2 Å². The van der Waals surface area contributed by atoms with Crippen LogP contribution in [0.3, 0.4) is 0 Å². The van der Waals surface area contributed by atoms with Crippen molar-refractivity contribution in [3.05, 3.63) is 23.8 Å². The normalized spacial score (nSPS) is 9.23. The van der Waals surface area contributed by atoms with Crippen molar-refractivity contribution in [2.45, 2.75) is 51.9 Å². The lowest BCUT2D eigenvalue weighted by atomic mass is 10.1. The molecule has 22 heavy (non-hydrogen) atoms. The maximum atomic E-state index is 5.25. The molecule has 0 aromatic heterocycles. The second-order valence-corrected chi connectivity index (χ2v) is 5.14. The first kappa shape index (κ1) is 18.0. The molecule has 0 aliphatic carbocycles. The summed E-state index contributed by atoms with van der Waals surface area (Å²) in [5.41, 5.74) is 0.881. The summed E-state index contributed by atoms with van der Waals surface area (Å²) < 4.78 is 10.4. The second kappa shape index (κ2) is 11.6. The lowest BCUT2D eigenvalue weighted by Crippen LogP contribution is -1.90. The lowest BCUT2D eigenvalue weighted by Gasteiger charge is -2.06. The molecule has 0 atom stereocenters. The summed E-state index contributed by atoms with van der Waals surface area (Å²) in [7, 11) is 3.24. The van der Waals surface area contributed by atoms with Crippen molar-refractivity contribution < 1.29 is 9.47 Å². The van der Waals surface area contributed by atoms with E-state index in [1.165, 1.54) is 38.5 Å². The Morgan fingerprint density at radius 2 is 1.59 bits per heavy atom. The van der Waals surface area contributed by atoms with Crippen LogP contribution in [0.15, 0.2) is 18.2 Å². The monoisotopic (exact) mass is 298 g/mol. The third kappa shape index (κ3) is 7.09. The molecular weight excluding hydrogens is 272 g/mol. The largest absolute Gasteiger partial charge is 0.493 e. The van der Waals surface area contributed by atoms with Gasteiger partial charge in [0.2, 0.25) is 0 Å². The van der Waals surface area contributed by atoms with E-state index in [0.29, 0.717) is 11.5 Å². The predicted molar refractivity (Wildman–Crippen MR) is 92.2 cm³/mol. The SMILES string of the molecule is CCCCCCCCC#CC#Cc1ccc(OC)c(OC)c1. The zero-order valence-corrected chi connectivity index (χ0v) is 14.0. The Labute approximate surface area is 135 Å². The third-order valence-corrected chi connectivity index (χ3v) is 3.40. The molecule has 0 spiro atoms. The smallest absolute Gasteiger partial charge is 0.161 e. The molecule has 1 aromatic rings. The Hall–Kier alpha value is -2.06. The van der Waals surface area contributed by atoms with E-state index in [9.17, 15) is 0 Å². The first-order valence-electron chi connectivity index (χ1n) is 8.02. The highest BCUT2D eigenvalue weighted by atomic mass is 16.5. The minimum absolute atomic E-state index is 0.689. The summed E-state index contributed by atoms with van der Waals surface area (Å²) >= 11 is 0. The van der Waals surface area contributed by atoms with Crippen molar-refractivity contribution >= 4 is 0 Å². The number of ether oxygens (including phenoxy) is 2. The fraction of sp³-hybridized carbons (Fsp3) is 0.500. The van der Waals surface area contributed by atoms with Gasteiger partial charge in [0.1, 0.15) is 0 Å². The van der Waals surface area contributed by atoms with Crippen molar-refractivity contribution in [2.24, 2.45) is 0 Å². The zero-order valence-electron chi connectivity index (χ0n) is 14.0. The first-order chi connectivity index (χ1) is 10.8. The molecule has 0 fully saturated rings. The topological polar surface area (TPSA) is 18.5 Å². The standard InChI is InChI=1S/C20H26O2/c1-4-5-6-7-8-9-10-11-12-13-14-18-15-16-19(21-2)20(17-18)22-3/h15-17H,4-10H2,1-3H3. The highest BCUT2D eigenvalue weighted by molar-refractivity contribution is 5.49. The van der Waals surface area contributed by atoms with Gasteiger partial charge in [-0.25, -0.2) is 0 Å². The fourth-order valence-electron chi connectivity index (χ4n) is 2.12. The first-order valence-corrected chi connectivity index (χ1v) is 8.02. The van der Waals surface area contributed by atoms with E-state index in [-0.39, 0.29) is 0 Å². The molecule has 0 N–H and O–H groups in total. The lowest BCUT2D eigenvalue weighted by molar-refractivity contribution is 0.355. The van der Waals surface area contributed by atoms with Crippen LogP contribution in [0.2, 0.25) is 0 Å². The molecule has 0 bridgehead atoms. The number of hydrogen-bond acceptors (Lipinski definition) is 2. The summed E-state index contributed by atoms with van der Waals surface area (Å²) in [6.07, 6.45) is 8.71. The van der Waals surface area contributed by atoms with Crippen molar-refractivity contribution in [1.82, 2.24) is 0 Å². The summed E-state index contributed by atoms with van der Waals surface area (Å²) in [6.45, 7) is 2.24. The predicted octanol–water partition coefficient (Wildman–Crippen LogP) is 4.81.